The Hall–Kier alpha value is -2.44. The number of amides is 1. The number of likely N-dealkylation sites (tertiary alicyclic amines) is 1. The maximum atomic E-state index is 11.9. The van der Waals surface area contributed by atoms with Crippen LogP contribution in [0.4, 0.5) is 5.69 Å². The molecule has 1 amide bonds. The van der Waals surface area contributed by atoms with Crippen LogP contribution in [0.3, 0.4) is 0 Å². The van der Waals surface area contributed by atoms with Gasteiger partial charge in [-0.15, -0.1) is 0 Å². The number of rotatable bonds is 6. The molecule has 2 rings (SSSR count). The number of nitro groups is 1. The first-order valence-corrected chi connectivity index (χ1v) is 7.25. The highest BCUT2D eigenvalue weighted by molar-refractivity contribution is 5.96. The average molecular weight is 306 g/mol. The minimum atomic E-state index is -0.609. The van der Waals surface area contributed by atoms with Crippen LogP contribution in [0.15, 0.2) is 18.2 Å². The Bertz CT molecular complexity index is 594. The highest BCUT2D eigenvalue weighted by Gasteiger charge is 2.22. The van der Waals surface area contributed by atoms with E-state index in [1.54, 1.807) is 11.8 Å². The second kappa shape index (κ2) is 7.02. The topological polar surface area (TPSA) is 89.8 Å². The summed E-state index contributed by atoms with van der Waals surface area (Å²) in [6.45, 7) is 2.86. The fraction of sp³-hybridized carbons (Fsp3) is 0.467. The predicted octanol–water partition coefficient (Wildman–Crippen LogP) is 2.19. The minimum absolute atomic E-state index is 0.00481. The van der Waals surface area contributed by atoms with Gasteiger partial charge in [0.1, 0.15) is 0 Å². The quantitative estimate of drug-likeness (QED) is 0.456. The Balaban J connectivity index is 2.10. The lowest BCUT2D eigenvalue weighted by atomic mass is 10.1. The molecule has 0 N–H and O–H groups in total. The molecule has 0 saturated carbocycles. The van der Waals surface area contributed by atoms with Crippen molar-refractivity contribution in [3.63, 3.8) is 0 Å². The largest absolute Gasteiger partial charge is 0.477 e. The van der Waals surface area contributed by atoms with Crippen LogP contribution in [0.1, 0.15) is 36.5 Å². The van der Waals surface area contributed by atoms with Gasteiger partial charge in [-0.1, -0.05) is 6.92 Å². The molecule has 0 aliphatic carbocycles. The minimum Gasteiger partial charge on any atom is -0.477 e. The lowest BCUT2D eigenvalue weighted by Gasteiger charge is -2.15. The smallest absolute Gasteiger partial charge is 0.311 e. The first kappa shape index (κ1) is 15.9. The normalized spacial score (nSPS) is 14.0. The second-order valence-electron chi connectivity index (χ2n) is 5.09. The molecule has 0 spiro atoms. The zero-order valence-electron chi connectivity index (χ0n) is 12.4. The van der Waals surface area contributed by atoms with Crippen LogP contribution in [0, 0.1) is 10.1 Å². The van der Waals surface area contributed by atoms with Crippen molar-refractivity contribution in [2.75, 3.05) is 19.7 Å². The summed E-state index contributed by atoms with van der Waals surface area (Å²) < 4.78 is 5.30. The summed E-state index contributed by atoms with van der Waals surface area (Å²) in [6, 6.07) is 4.05. The lowest BCUT2D eigenvalue weighted by Crippen LogP contribution is -2.32. The molecule has 22 heavy (non-hydrogen) atoms. The Morgan fingerprint density at radius 3 is 2.59 bits per heavy atom. The van der Waals surface area contributed by atoms with Gasteiger partial charge in [0.05, 0.1) is 4.92 Å². The molecule has 1 aliphatic rings. The molecule has 1 aromatic rings. The Morgan fingerprint density at radius 1 is 1.32 bits per heavy atom. The summed E-state index contributed by atoms with van der Waals surface area (Å²) in [6.07, 6.45) is 2.21. The molecule has 118 valence electrons. The Labute approximate surface area is 128 Å². The summed E-state index contributed by atoms with van der Waals surface area (Å²) in [5.41, 5.74) is -0.0269. The summed E-state index contributed by atoms with van der Waals surface area (Å²) in [5.74, 6) is -0.353. The number of carbonyl (C=O) groups is 2. The molecule has 0 unspecified atom stereocenters. The van der Waals surface area contributed by atoms with Crippen molar-refractivity contribution in [2.45, 2.75) is 26.2 Å². The third-order valence-corrected chi connectivity index (χ3v) is 3.61. The molecule has 0 aromatic heterocycles. The van der Waals surface area contributed by atoms with Crippen molar-refractivity contribution in [1.29, 1.82) is 0 Å². The molecule has 0 bridgehead atoms. The summed E-state index contributed by atoms with van der Waals surface area (Å²) in [7, 11) is 0. The number of benzene rings is 1. The van der Waals surface area contributed by atoms with E-state index >= 15 is 0 Å². The number of nitrogens with zero attached hydrogens (tertiary/aromatic N) is 2. The van der Waals surface area contributed by atoms with Crippen molar-refractivity contribution in [3.05, 3.63) is 33.9 Å². The van der Waals surface area contributed by atoms with E-state index in [0.717, 1.165) is 12.8 Å². The summed E-state index contributed by atoms with van der Waals surface area (Å²) in [4.78, 5) is 35.7. The van der Waals surface area contributed by atoms with Crippen LogP contribution < -0.4 is 4.74 Å². The maximum absolute atomic E-state index is 11.9. The molecular weight excluding hydrogens is 288 g/mol. The van der Waals surface area contributed by atoms with Crippen molar-refractivity contribution in [3.8, 4) is 5.75 Å². The number of Topliss-reactive ketones (excluding diaryl/α,β-unsaturated/α-hetero) is 1. The van der Waals surface area contributed by atoms with Gasteiger partial charge in [0.15, 0.2) is 18.1 Å². The van der Waals surface area contributed by atoms with E-state index in [-0.39, 0.29) is 41.7 Å². The molecule has 0 radical (unpaired) electrons. The molecule has 0 atom stereocenters. The van der Waals surface area contributed by atoms with Crippen LogP contribution in [0.2, 0.25) is 0 Å². The van der Waals surface area contributed by atoms with Crippen molar-refractivity contribution in [2.24, 2.45) is 0 Å². The SMILES string of the molecule is CCC(=O)c1ccc(OCC(=O)N2CCCC2)c([N+](=O)[O-])c1. The summed E-state index contributed by atoms with van der Waals surface area (Å²) >= 11 is 0. The molecular formula is C15H18N2O5. The third kappa shape index (κ3) is 3.60. The summed E-state index contributed by atoms with van der Waals surface area (Å²) in [5, 5.41) is 11.1. The van der Waals surface area contributed by atoms with Gasteiger partial charge in [-0.3, -0.25) is 19.7 Å². The third-order valence-electron chi connectivity index (χ3n) is 3.61. The number of ketones is 1. The van der Waals surface area contributed by atoms with Crippen molar-refractivity contribution < 1.29 is 19.2 Å². The van der Waals surface area contributed by atoms with Crippen molar-refractivity contribution >= 4 is 17.4 Å². The number of hydrogen-bond donors (Lipinski definition) is 0. The van der Waals surface area contributed by atoms with E-state index in [1.807, 2.05) is 0 Å². The van der Waals surface area contributed by atoms with Gasteiger partial charge in [0, 0.05) is 31.1 Å². The fourth-order valence-corrected chi connectivity index (χ4v) is 2.36. The predicted molar refractivity (Wildman–Crippen MR) is 79.0 cm³/mol. The van der Waals surface area contributed by atoms with Crippen LogP contribution in [0.25, 0.3) is 0 Å². The van der Waals surface area contributed by atoms with Gasteiger partial charge < -0.3 is 9.64 Å². The molecule has 1 aliphatic heterocycles. The first-order valence-electron chi connectivity index (χ1n) is 7.25. The zero-order valence-corrected chi connectivity index (χ0v) is 12.4. The van der Waals surface area contributed by atoms with Crippen LogP contribution in [0.5, 0.6) is 5.75 Å². The molecule has 1 aromatic carbocycles. The van der Waals surface area contributed by atoms with E-state index < -0.39 is 4.92 Å². The first-order chi connectivity index (χ1) is 10.5. The standard InChI is InChI=1S/C15H18N2O5/c1-2-13(18)11-5-6-14(12(9-11)17(20)21)22-10-15(19)16-7-3-4-8-16/h5-6,9H,2-4,7-8,10H2,1H3. The van der Waals surface area contributed by atoms with Gasteiger partial charge in [-0.05, 0) is 25.0 Å². The van der Waals surface area contributed by atoms with E-state index in [0.29, 0.717) is 13.1 Å². The second-order valence-corrected chi connectivity index (χ2v) is 5.09. The Kier molecular flexibility index (Phi) is 5.08. The van der Waals surface area contributed by atoms with Gasteiger partial charge in [-0.2, -0.15) is 0 Å². The van der Waals surface area contributed by atoms with Crippen LogP contribution in [-0.2, 0) is 4.79 Å². The highest BCUT2D eigenvalue weighted by atomic mass is 16.6. The lowest BCUT2D eigenvalue weighted by molar-refractivity contribution is -0.385. The average Bonchev–Trinajstić information content (AvgIpc) is 3.06. The maximum Gasteiger partial charge on any atom is 0.311 e. The van der Waals surface area contributed by atoms with E-state index in [9.17, 15) is 19.7 Å². The number of ether oxygens (including phenoxy) is 1. The zero-order chi connectivity index (χ0) is 16.1. The van der Waals surface area contributed by atoms with E-state index in [1.165, 1.54) is 18.2 Å². The molecule has 1 heterocycles. The van der Waals surface area contributed by atoms with Crippen LogP contribution in [-0.4, -0.2) is 41.2 Å². The monoisotopic (exact) mass is 306 g/mol. The molecule has 1 fully saturated rings. The highest BCUT2D eigenvalue weighted by Crippen LogP contribution is 2.28. The van der Waals surface area contributed by atoms with E-state index in [4.69, 9.17) is 4.74 Å². The molecule has 7 heteroatoms. The van der Waals surface area contributed by atoms with Gasteiger partial charge in [0.25, 0.3) is 5.91 Å². The van der Waals surface area contributed by atoms with Crippen LogP contribution >= 0.6 is 0 Å². The number of nitro benzene ring substituents is 1. The van der Waals surface area contributed by atoms with E-state index in [2.05, 4.69) is 0 Å². The number of carbonyl (C=O) groups excluding carboxylic acids is 2. The molecule has 1 saturated heterocycles. The number of hydrogen-bond acceptors (Lipinski definition) is 5. The van der Waals surface area contributed by atoms with Crippen molar-refractivity contribution in [1.82, 2.24) is 4.90 Å². The molecule has 7 nitrogen and oxygen atoms in total. The van der Waals surface area contributed by atoms with Gasteiger partial charge in [-0.25, -0.2) is 0 Å². The van der Waals surface area contributed by atoms with Gasteiger partial charge >= 0.3 is 5.69 Å². The fourth-order valence-electron chi connectivity index (χ4n) is 2.36. The Morgan fingerprint density at radius 2 is 2.00 bits per heavy atom. The van der Waals surface area contributed by atoms with Gasteiger partial charge in [0.2, 0.25) is 0 Å².